The second-order valence-electron chi connectivity index (χ2n) is 4.42. The van der Waals surface area contributed by atoms with Crippen LogP contribution in [-0.4, -0.2) is 16.2 Å². The Labute approximate surface area is 137 Å². The molecule has 0 aliphatic carbocycles. The van der Waals surface area contributed by atoms with E-state index in [4.69, 9.17) is 40.2 Å². The molecular weight excluding hydrogens is 327 g/mol. The summed E-state index contributed by atoms with van der Waals surface area (Å²) in [6, 6.07) is 11.1. The number of imidazole rings is 1. The van der Waals surface area contributed by atoms with Gasteiger partial charge in [-0.15, -0.1) is 0 Å². The van der Waals surface area contributed by atoms with Crippen molar-refractivity contribution in [3.8, 4) is 11.4 Å². The summed E-state index contributed by atoms with van der Waals surface area (Å²) in [5.41, 5.74) is 2.38. The fraction of sp³-hybridized carbons (Fsp3) is 0.133. The molecule has 0 bridgehead atoms. The van der Waals surface area contributed by atoms with Crippen molar-refractivity contribution < 1.29 is 4.74 Å². The largest absolute Gasteiger partial charge is 0.492 e. The highest BCUT2D eigenvalue weighted by Gasteiger charge is 2.15. The molecule has 6 heteroatoms. The molecule has 1 N–H and O–H groups in total. The van der Waals surface area contributed by atoms with Crippen LogP contribution in [0.15, 0.2) is 36.4 Å². The molecule has 108 valence electrons. The number of hydrogen-bond acceptors (Lipinski definition) is 2. The van der Waals surface area contributed by atoms with Gasteiger partial charge in [0, 0.05) is 0 Å². The zero-order chi connectivity index (χ0) is 15.0. The Morgan fingerprint density at radius 2 is 1.81 bits per heavy atom. The number of fused-ring (bicyclic) bond motifs is 1. The minimum Gasteiger partial charge on any atom is -0.492 e. The third-order valence-corrected chi connectivity index (χ3v) is 4.04. The second-order valence-corrected chi connectivity index (χ2v) is 5.62. The summed E-state index contributed by atoms with van der Waals surface area (Å²) in [7, 11) is 0. The Morgan fingerprint density at radius 3 is 2.48 bits per heavy atom. The second kappa shape index (κ2) is 5.72. The smallest absolute Gasteiger partial charge is 0.182 e. The van der Waals surface area contributed by atoms with Crippen LogP contribution in [0.5, 0.6) is 5.75 Å². The maximum atomic E-state index is 6.30. The molecule has 3 aromatic rings. The first kappa shape index (κ1) is 14.4. The zero-order valence-corrected chi connectivity index (χ0v) is 13.5. The van der Waals surface area contributed by atoms with E-state index < -0.39 is 0 Å². The van der Waals surface area contributed by atoms with Gasteiger partial charge in [-0.3, -0.25) is 4.57 Å². The molecule has 0 aliphatic rings. The number of benzene rings is 2. The average Bonchev–Trinajstić information content (AvgIpc) is 2.77. The number of rotatable bonds is 3. The molecule has 0 saturated heterocycles. The molecule has 21 heavy (non-hydrogen) atoms. The van der Waals surface area contributed by atoms with Gasteiger partial charge in [0.15, 0.2) is 4.77 Å². The number of H-pyrrole nitrogens is 1. The molecule has 1 heterocycles. The number of hydrogen-bond donors (Lipinski definition) is 1. The van der Waals surface area contributed by atoms with Gasteiger partial charge in [0.25, 0.3) is 0 Å². The van der Waals surface area contributed by atoms with Crippen molar-refractivity contribution in [1.82, 2.24) is 9.55 Å². The molecule has 0 unspecified atom stereocenters. The summed E-state index contributed by atoms with van der Waals surface area (Å²) in [4.78, 5) is 3.17. The first-order valence-corrected chi connectivity index (χ1v) is 7.61. The first-order valence-electron chi connectivity index (χ1n) is 6.44. The van der Waals surface area contributed by atoms with Crippen LogP contribution in [0.3, 0.4) is 0 Å². The van der Waals surface area contributed by atoms with Crippen molar-refractivity contribution in [3.05, 3.63) is 51.2 Å². The highest BCUT2D eigenvalue weighted by atomic mass is 35.5. The summed E-state index contributed by atoms with van der Waals surface area (Å²) in [6.07, 6.45) is 0. The minimum absolute atomic E-state index is 0.521. The zero-order valence-electron chi connectivity index (χ0n) is 11.2. The van der Waals surface area contributed by atoms with E-state index in [0.717, 1.165) is 16.8 Å². The number of ether oxygens (including phenoxy) is 1. The molecule has 3 nitrogen and oxygen atoms in total. The maximum Gasteiger partial charge on any atom is 0.182 e. The van der Waals surface area contributed by atoms with Crippen molar-refractivity contribution in [3.63, 3.8) is 0 Å². The normalized spacial score (nSPS) is 11.0. The lowest BCUT2D eigenvalue weighted by atomic mass is 10.2. The minimum atomic E-state index is 0.521. The molecule has 2 aromatic carbocycles. The summed E-state index contributed by atoms with van der Waals surface area (Å²) in [5.74, 6) is 0.753. The average molecular weight is 339 g/mol. The standard InChI is InChI=1S/C15H12Cl2N2OS/c1-2-20-12-8-4-7-11-13(12)18-15(21)19(11)14-9(16)5-3-6-10(14)17/h3-8H,2H2,1H3,(H,18,21). The highest BCUT2D eigenvalue weighted by molar-refractivity contribution is 7.71. The Morgan fingerprint density at radius 1 is 1.14 bits per heavy atom. The van der Waals surface area contributed by atoms with Crippen LogP contribution in [0.1, 0.15) is 6.92 Å². The van der Waals surface area contributed by atoms with Crippen LogP contribution in [0.25, 0.3) is 16.7 Å². The van der Waals surface area contributed by atoms with E-state index in [2.05, 4.69) is 4.98 Å². The molecule has 0 spiro atoms. The monoisotopic (exact) mass is 338 g/mol. The van der Waals surface area contributed by atoms with Gasteiger partial charge in [0.2, 0.25) is 0 Å². The van der Waals surface area contributed by atoms with E-state index in [0.29, 0.717) is 27.1 Å². The van der Waals surface area contributed by atoms with Crippen LogP contribution in [0.4, 0.5) is 0 Å². The fourth-order valence-electron chi connectivity index (χ4n) is 2.30. The van der Waals surface area contributed by atoms with E-state index in [1.807, 2.05) is 29.7 Å². The summed E-state index contributed by atoms with van der Waals surface area (Å²) in [5, 5.41) is 1.09. The van der Waals surface area contributed by atoms with Gasteiger partial charge in [-0.05, 0) is 43.4 Å². The van der Waals surface area contributed by atoms with Crippen molar-refractivity contribution in [1.29, 1.82) is 0 Å². The van der Waals surface area contributed by atoms with Gasteiger partial charge in [0.1, 0.15) is 11.3 Å². The first-order chi connectivity index (χ1) is 10.1. The number of nitrogens with one attached hydrogen (secondary N) is 1. The molecule has 0 amide bonds. The van der Waals surface area contributed by atoms with Crippen LogP contribution in [-0.2, 0) is 0 Å². The van der Waals surface area contributed by atoms with Gasteiger partial charge >= 0.3 is 0 Å². The molecule has 0 saturated carbocycles. The van der Waals surface area contributed by atoms with Crippen molar-refractivity contribution >= 4 is 46.5 Å². The molecule has 0 radical (unpaired) electrons. The number of nitrogens with zero attached hydrogens (tertiary/aromatic N) is 1. The molecular formula is C15H12Cl2N2OS. The lowest BCUT2D eigenvalue weighted by Crippen LogP contribution is -1.97. The number of halogens is 2. The van der Waals surface area contributed by atoms with Crippen molar-refractivity contribution in [2.24, 2.45) is 0 Å². The molecule has 0 aliphatic heterocycles. The Hall–Kier alpha value is -1.49. The topological polar surface area (TPSA) is 29.9 Å². The highest BCUT2D eigenvalue weighted by Crippen LogP contribution is 2.33. The van der Waals surface area contributed by atoms with E-state index in [-0.39, 0.29) is 0 Å². The van der Waals surface area contributed by atoms with Gasteiger partial charge in [-0.2, -0.15) is 0 Å². The molecule has 1 aromatic heterocycles. The van der Waals surface area contributed by atoms with Crippen LogP contribution < -0.4 is 4.74 Å². The van der Waals surface area contributed by atoms with Gasteiger partial charge < -0.3 is 9.72 Å². The quantitative estimate of drug-likeness (QED) is 0.648. The van der Waals surface area contributed by atoms with E-state index in [9.17, 15) is 0 Å². The Kier molecular flexibility index (Phi) is 3.93. The van der Waals surface area contributed by atoms with Gasteiger partial charge in [-0.1, -0.05) is 35.3 Å². The number of aromatic amines is 1. The summed E-state index contributed by atoms with van der Waals surface area (Å²) >= 11 is 18.0. The summed E-state index contributed by atoms with van der Waals surface area (Å²) in [6.45, 7) is 2.52. The van der Waals surface area contributed by atoms with Gasteiger partial charge in [0.05, 0.1) is 27.9 Å². The summed E-state index contributed by atoms with van der Waals surface area (Å²) < 4.78 is 7.98. The van der Waals surface area contributed by atoms with Crippen LogP contribution in [0.2, 0.25) is 10.0 Å². The number of aromatic nitrogens is 2. The maximum absolute atomic E-state index is 6.30. The Bertz CT molecular complexity index is 849. The third kappa shape index (κ3) is 2.44. The SMILES string of the molecule is CCOc1cccc2c1[nH]c(=S)n2-c1c(Cl)cccc1Cl. The Balaban J connectivity index is 2.37. The van der Waals surface area contributed by atoms with Crippen LogP contribution in [0, 0.1) is 4.77 Å². The predicted octanol–water partition coefficient (Wildman–Crippen LogP) is 5.39. The van der Waals surface area contributed by atoms with Gasteiger partial charge in [-0.25, -0.2) is 0 Å². The third-order valence-electron chi connectivity index (χ3n) is 3.14. The van der Waals surface area contributed by atoms with E-state index >= 15 is 0 Å². The van der Waals surface area contributed by atoms with E-state index in [1.165, 1.54) is 0 Å². The number of para-hydroxylation sites is 2. The predicted molar refractivity (Wildman–Crippen MR) is 89.6 cm³/mol. The van der Waals surface area contributed by atoms with Crippen molar-refractivity contribution in [2.45, 2.75) is 6.92 Å². The fourth-order valence-corrected chi connectivity index (χ4v) is 3.16. The molecule has 0 atom stereocenters. The van der Waals surface area contributed by atoms with E-state index in [1.54, 1.807) is 18.2 Å². The molecule has 3 rings (SSSR count). The van der Waals surface area contributed by atoms with Crippen molar-refractivity contribution in [2.75, 3.05) is 6.61 Å². The molecule has 0 fully saturated rings. The lowest BCUT2D eigenvalue weighted by molar-refractivity contribution is 0.343. The lowest BCUT2D eigenvalue weighted by Gasteiger charge is -2.10. The van der Waals surface area contributed by atoms with Crippen LogP contribution >= 0.6 is 35.4 Å².